The Kier molecular flexibility index (Phi) is 7.78. The lowest BCUT2D eigenvalue weighted by atomic mass is 9.92. The molecule has 1 aliphatic rings. The highest BCUT2D eigenvalue weighted by molar-refractivity contribution is 6.06. The second kappa shape index (κ2) is 11.5. The number of carbonyl (C=O) groups is 1. The molecule has 6 nitrogen and oxygen atoms in total. The van der Waals surface area contributed by atoms with E-state index in [0.29, 0.717) is 17.1 Å². The van der Waals surface area contributed by atoms with E-state index in [2.05, 4.69) is 17.6 Å². The third kappa shape index (κ3) is 5.44. The summed E-state index contributed by atoms with van der Waals surface area (Å²) in [6.45, 7) is 2.19. The fraction of sp³-hybridized carbons (Fsp3) is 0.312. The standard InChI is InChI=1S/C32H35N3O3/c1-4-5-8-21-11-13-22(14-12-21)32(36)34-23-15-17-28-26(19-23)31(25-9-6-7-10-27(25)35-28)33-24-16-18-29(37-2)30(20-24)38-3/h11-20H,4-10H2,1-3H3,(H,33,35)(H,34,36). The van der Waals surface area contributed by atoms with Crippen molar-refractivity contribution in [1.29, 1.82) is 0 Å². The van der Waals surface area contributed by atoms with Gasteiger partial charge in [0.25, 0.3) is 5.91 Å². The third-order valence-electron chi connectivity index (χ3n) is 7.21. The maximum absolute atomic E-state index is 13.0. The molecular weight excluding hydrogens is 474 g/mol. The van der Waals surface area contributed by atoms with Gasteiger partial charge < -0.3 is 20.1 Å². The fourth-order valence-corrected chi connectivity index (χ4v) is 5.11. The molecule has 3 aromatic carbocycles. The molecule has 0 saturated carbocycles. The summed E-state index contributed by atoms with van der Waals surface area (Å²) in [6, 6.07) is 19.7. The summed E-state index contributed by atoms with van der Waals surface area (Å²) in [6.07, 6.45) is 7.56. The van der Waals surface area contributed by atoms with Gasteiger partial charge in [0.2, 0.25) is 0 Å². The number of unbranched alkanes of at least 4 members (excludes halogenated alkanes) is 1. The molecule has 0 atom stereocenters. The van der Waals surface area contributed by atoms with Gasteiger partial charge in [0.1, 0.15) is 0 Å². The monoisotopic (exact) mass is 509 g/mol. The lowest BCUT2D eigenvalue weighted by molar-refractivity contribution is 0.102. The van der Waals surface area contributed by atoms with E-state index in [0.717, 1.165) is 78.6 Å². The molecule has 4 aromatic rings. The zero-order chi connectivity index (χ0) is 26.5. The van der Waals surface area contributed by atoms with Gasteiger partial charge >= 0.3 is 0 Å². The van der Waals surface area contributed by atoms with Crippen LogP contribution in [0, 0.1) is 0 Å². The van der Waals surface area contributed by atoms with E-state index < -0.39 is 0 Å². The van der Waals surface area contributed by atoms with Crippen LogP contribution in [0.1, 0.15) is 59.8 Å². The Hall–Kier alpha value is -4.06. The number of aryl methyl sites for hydroxylation is 2. The minimum atomic E-state index is -0.119. The van der Waals surface area contributed by atoms with E-state index in [-0.39, 0.29) is 5.91 Å². The van der Waals surface area contributed by atoms with E-state index in [4.69, 9.17) is 14.5 Å². The Morgan fingerprint density at radius 2 is 1.66 bits per heavy atom. The van der Waals surface area contributed by atoms with Crippen LogP contribution in [0.15, 0.2) is 60.7 Å². The first-order valence-corrected chi connectivity index (χ1v) is 13.4. The number of rotatable bonds is 9. The molecular formula is C32H35N3O3. The van der Waals surface area contributed by atoms with Crippen molar-refractivity contribution in [3.8, 4) is 11.5 Å². The van der Waals surface area contributed by atoms with Crippen molar-refractivity contribution < 1.29 is 14.3 Å². The van der Waals surface area contributed by atoms with Gasteiger partial charge in [0.15, 0.2) is 11.5 Å². The molecule has 0 radical (unpaired) electrons. The number of pyridine rings is 1. The Labute approximate surface area is 224 Å². The zero-order valence-corrected chi connectivity index (χ0v) is 22.4. The van der Waals surface area contributed by atoms with Crippen LogP contribution in [0.3, 0.4) is 0 Å². The van der Waals surface area contributed by atoms with Crippen molar-refractivity contribution in [2.75, 3.05) is 24.9 Å². The second-order valence-corrected chi connectivity index (χ2v) is 9.80. The predicted octanol–water partition coefficient (Wildman–Crippen LogP) is 7.47. The number of nitrogens with zero attached hydrogens (tertiary/aromatic N) is 1. The number of fused-ring (bicyclic) bond motifs is 2. The molecule has 0 spiro atoms. The van der Waals surface area contributed by atoms with Crippen LogP contribution >= 0.6 is 0 Å². The van der Waals surface area contributed by atoms with E-state index in [1.807, 2.05) is 60.7 Å². The van der Waals surface area contributed by atoms with E-state index in [1.54, 1.807) is 14.2 Å². The predicted molar refractivity (Wildman–Crippen MR) is 154 cm³/mol. The molecule has 0 saturated heterocycles. The van der Waals surface area contributed by atoms with Gasteiger partial charge in [-0.25, -0.2) is 0 Å². The van der Waals surface area contributed by atoms with Crippen LogP contribution in [-0.2, 0) is 19.3 Å². The average Bonchev–Trinajstić information content (AvgIpc) is 2.96. The van der Waals surface area contributed by atoms with Crippen LogP contribution < -0.4 is 20.1 Å². The summed E-state index contributed by atoms with van der Waals surface area (Å²) < 4.78 is 10.9. The highest BCUT2D eigenvalue weighted by atomic mass is 16.5. The highest BCUT2D eigenvalue weighted by Gasteiger charge is 2.20. The van der Waals surface area contributed by atoms with E-state index in [9.17, 15) is 4.79 Å². The zero-order valence-electron chi connectivity index (χ0n) is 22.4. The molecule has 38 heavy (non-hydrogen) atoms. The molecule has 1 aromatic heterocycles. The van der Waals surface area contributed by atoms with E-state index in [1.165, 1.54) is 11.1 Å². The molecule has 5 rings (SSSR count). The van der Waals surface area contributed by atoms with Crippen LogP contribution in [-0.4, -0.2) is 25.1 Å². The number of amides is 1. The number of anilines is 3. The molecule has 6 heteroatoms. The van der Waals surface area contributed by atoms with Crippen LogP contribution in [0.5, 0.6) is 11.5 Å². The van der Waals surface area contributed by atoms with Gasteiger partial charge in [-0.2, -0.15) is 0 Å². The topological polar surface area (TPSA) is 72.5 Å². The van der Waals surface area contributed by atoms with Crippen molar-refractivity contribution in [2.24, 2.45) is 0 Å². The number of nitrogens with one attached hydrogen (secondary N) is 2. The molecule has 1 heterocycles. The van der Waals surface area contributed by atoms with Crippen molar-refractivity contribution in [3.63, 3.8) is 0 Å². The fourth-order valence-electron chi connectivity index (χ4n) is 5.11. The summed E-state index contributed by atoms with van der Waals surface area (Å²) in [5.74, 6) is 1.23. The van der Waals surface area contributed by atoms with Crippen molar-refractivity contribution in [3.05, 3.63) is 83.0 Å². The number of hydrogen-bond donors (Lipinski definition) is 2. The summed E-state index contributed by atoms with van der Waals surface area (Å²) in [7, 11) is 3.27. The number of ether oxygens (including phenoxy) is 2. The summed E-state index contributed by atoms with van der Waals surface area (Å²) in [4.78, 5) is 18.0. The summed E-state index contributed by atoms with van der Waals surface area (Å²) in [5, 5.41) is 7.71. The highest BCUT2D eigenvalue weighted by Crippen LogP contribution is 2.38. The largest absolute Gasteiger partial charge is 0.493 e. The first-order valence-electron chi connectivity index (χ1n) is 13.4. The second-order valence-electron chi connectivity index (χ2n) is 9.80. The summed E-state index contributed by atoms with van der Waals surface area (Å²) >= 11 is 0. The SMILES string of the molecule is CCCCc1ccc(C(=O)Nc2ccc3nc4c(c(Nc5ccc(OC)c(OC)c5)c3c2)CCCC4)cc1. The van der Waals surface area contributed by atoms with Gasteiger partial charge in [0, 0.05) is 34.1 Å². The normalized spacial score (nSPS) is 12.6. The number of aromatic nitrogens is 1. The van der Waals surface area contributed by atoms with Gasteiger partial charge in [-0.1, -0.05) is 25.5 Å². The average molecular weight is 510 g/mol. The summed E-state index contributed by atoms with van der Waals surface area (Å²) in [5.41, 5.74) is 7.89. The first-order chi connectivity index (χ1) is 18.6. The molecule has 0 aliphatic heterocycles. The Morgan fingerprint density at radius 3 is 2.42 bits per heavy atom. The molecule has 0 fully saturated rings. The third-order valence-corrected chi connectivity index (χ3v) is 7.21. The molecule has 0 bridgehead atoms. The van der Waals surface area contributed by atoms with Gasteiger partial charge in [-0.05, 0) is 92.1 Å². The van der Waals surface area contributed by atoms with Gasteiger partial charge in [-0.15, -0.1) is 0 Å². The van der Waals surface area contributed by atoms with E-state index >= 15 is 0 Å². The van der Waals surface area contributed by atoms with Gasteiger partial charge in [-0.3, -0.25) is 9.78 Å². The van der Waals surface area contributed by atoms with Crippen molar-refractivity contribution in [1.82, 2.24) is 4.98 Å². The molecule has 1 aliphatic carbocycles. The van der Waals surface area contributed by atoms with Crippen LogP contribution in [0.4, 0.5) is 17.1 Å². The number of benzene rings is 3. The Balaban J connectivity index is 1.48. The Morgan fingerprint density at radius 1 is 0.895 bits per heavy atom. The lowest BCUT2D eigenvalue weighted by Crippen LogP contribution is -2.13. The quantitative estimate of drug-likeness (QED) is 0.245. The number of hydrogen-bond acceptors (Lipinski definition) is 5. The number of carbonyl (C=O) groups excluding carboxylic acids is 1. The van der Waals surface area contributed by atoms with Crippen LogP contribution in [0.2, 0.25) is 0 Å². The maximum Gasteiger partial charge on any atom is 0.255 e. The maximum atomic E-state index is 13.0. The first kappa shape index (κ1) is 25.6. The smallest absolute Gasteiger partial charge is 0.255 e. The lowest BCUT2D eigenvalue weighted by Gasteiger charge is -2.22. The minimum Gasteiger partial charge on any atom is -0.493 e. The molecule has 1 amide bonds. The van der Waals surface area contributed by atoms with Crippen molar-refractivity contribution >= 4 is 33.9 Å². The Bertz CT molecular complexity index is 1450. The molecule has 196 valence electrons. The molecule has 0 unspecified atom stereocenters. The number of methoxy groups -OCH3 is 2. The minimum absolute atomic E-state index is 0.119. The van der Waals surface area contributed by atoms with Gasteiger partial charge in [0.05, 0.1) is 25.4 Å². The molecule has 2 N–H and O–H groups in total. The van der Waals surface area contributed by atoms with Crippen molar-refractivity contribution in [2.45, 2.75) is 51.9 Å². The van der Waals surface area contributed by atoms with Crippen LogP contribution in [0.25, 0.3) is 10.9 Å².